The van der Waals surface area contributed by atoms with Gasteiger partial charge < -0.3 is 10.2 Å². The van der Waals surface area contributed by atoms with E-state index in [2.05, 4.69) is 28.4 Å². The number of hydrogen-bond donors (Lipinski definition) is 1. The van der Waals surface area contributed by atoms with Crippen molar-refractivity contribution in [3.05, 3.63) is 71.2 Å². The molecule has 2 aromatic heterocycles. The Balaban J connectivity index is 1.60. The lowest BCUT2D eigenvalue weighted by molar-refractivity contribution is 0.0540. The summed E-state index contributed by atoms with van der Waals surface area (Å²) in [5.41, 5.74) is 3.95. The van der Waals surface area contributed by atoms with Crippen LogP contribution >= 0.6 is 0 Å². The van der Waals surface area contributed by atoms with Crippen LogP contribution in [0.5, 0.6) is 0 Å². The van der Waals surface area contributed by atoms with E-state index in [0.717, 1.165) is 36.3 Å². The Kier molecular flexibility index (Phi) is 6.22. The number of rotatable bonds is 5. The standard InChI is InChI=1S/C25H28N6O/c1-17-6-8-22(31-12-10-19(3)29-31)21(13-17)25(32)30-11-4-5-18(2)23(30)16-28-24-9-7-20(14-26)15-27-24/h6-10,12-13,15,18,23H,4-5,11,16H2,1-3H3,(H,27,28)/t18-,23?/m1/s1. The molecule has 1 N–H and O–H groups in total. The molecule has 3 aromatic rings. The van der Waals surface area contributed by atoms with Crippen LogP contribution < -0.4 is 5.32 Å². The number of aryl methyl sites for hydroxylation is 2. The first kappa shape index (κ1) is 21.6. The van der Waals surface area contributed by atoms with Crippen molar-refractivity contribution in [3.63, 3.8) is 0 Å². The van der Waals surface area contributed by atoms with Crippen molar-refractivity contribution in [1.29, 1.82) is 5.26 Å². The molecule has 0 spiro atoms. The van der Waals surface area contributed by atoms with Gasteiger partial charge in [0.1, 0.15) is 11.9 Å². The van der Waals surface area contributed by atoms with Gasteiger partial charge in [-0.05, 0) is 62.9 Å². The van der Waals surface area contributed by atoms with Crippen LogP contribution in [0.2, 0.25) is 0 Å². The monoisotopic (exact) mass is 428 g/mol. The molecule has 0 saturated carbocycles. The first-order valence-electron chi connectivity index (χ1n) is 11.0. The first-order valence-corrected chi connectivity index (χ1v) is 11.0. The highest BCUT2D eigenvalue weighted by Gasteiger charge is 2.33. The van der Waals surface area contributed by atoms with E-state index in [4.69, 9.17) is 5.26 Å². The van der Waals surface area contributed by atoms with Crippen LogP contribution in [-0.4, -0.2) is 44.7 Å². The number of aromatic nitrogens is 3. The summed E-state index contributed by atoms with van der Waals surface area (Å²) < 4.78 is 1.78. The quantitative estimate of drug-likeness (QED) is 0.661. The van der Waals surface area contributed by atoms with E-state index in [1.54, 1.807) is 23.0 Å². The molecule has 7 nitrogen and oxygen atoms in total. The average Bonchev–Trinajstić information content (AvgIpc) is 3.24. The van der Waals surface area contributed by atoms with E-state index in [-0.39, 0.29) is 11.9 Å². The molecule has 0 bridgehead atoms. The zero-order valence-corrected chi connectivity index (χ0v) is 18.7. The van der Waals surface area contributed by atoms with Crippen LogP contribution in [0.25, 0.3) is 5.69 Å². The Labute approximate surface area is 188 Å². The molecule has 1 aromatic carbocycles. The molecule has 0 radical (unpaired) electrons. The SMILES string of the molecule is Cc1ccc(-n2ccc(C)n2)c(C(=O)N2CCC[C@@H](C)C2CNc2ccc(C#N)cn2)c1. The van der Waals surface area contributed by atoms with Gasteiger partial charge in [0.15, 0.2) is 0 Å². The number of hydrogen-bond acceptors (Lipinski definition) is 5. The normalized spacial score (nSPS) is 18.2. The molecule has 1 amide bonds. The summed E-state index contributed by atoms with van der Waals surface area (Å²) >= 11 is 0. The predicted octanol–water partition coefficient (Wildman–Crippen LogP) is 4.11. The Bertz CT molecular complexity index is 1140. The molecular formula is C25H28N6O. The third-order valence-electron chi connectivity index (χ3n) is 6.11. The molecule has 4 rings (SSSR count). The van der Waals surface area contributed by atoms with Crippen molar-refractivity contribution in [2.24, 2.45) is 5.92 Å². The molecule has 1 aliphatic heterocycles. The van der Waals surface area contributed by atoms with Gasteiger partial charge in [-0.15, -0.1) is 0 Å². The number of nitrogens with zero attached hydrogens (tertiary/aromatic N) is 5. The molecular weight excluding hydrogens is 400 g/mol. The van der Waals surface area contributed by atoms with Crippen LogP contribution in [0, 0.1) is 31.1 Å². The van der Waals surface area contributed by atoms with Crippen molar-refractivity contribution >= 4 is 11.7 Å². The van der Waals surface area contributed by atoms with Crippen LogP contribution in [0.1, 0.15) is 46.9 Å². The van der Waals surface area contributed by atoms with E-state index in [1.165, 1.54) is 0 Å². The minimum Gasteiger partial charge on any atom is -0.368 e. The van der Waals surface area contributed by atoms with Gasteiger partial charge in [-0.3, -0.25) is 4.79 Å². The van der Waals surface area contributed by atoms with E-state index < -0.39 is 0 Å². The van der Waals surface area contributed by atoms with Gasteiger partial charge in [0.2, 0.25) is 0 Å². The van der Waals surface area contributed by atoms with E-state index in [0.29, 0.717) is 29.4 Å². The second-order valence-electron chi connectivity index (χ2n) is 8.53. The topological polar surface area (TPSA) is 86.8 Å². The Morgan fingerprint density at radius 2 is 2.09 bits per heavy atom. The summed E-state index contributed by atoms with van der Waals surface area (Å²) in [4.78, 5) is 20.1. The molecule has 1 unspecified atom stereocenters. The fraction of sp³-hybridized carbons (Fsp3) is 0.360. The first-order chi connectivity index (χ1) is 15.5. The number of amides is 1. The van der Waals surface area contributed by atoms with Gasteiger partial charge in [0.05, 0.1) is 28.6 Å². The van der Waals surface area contributed by atoms with Gasteiger partial charge in [-0.1, -0.05) is 18.6 Å². The third-order valence-corrected chi connectivity index (χ3v) is 6.11. The van der Waals surface area contributed by atoms with Crippen LogP contribution in [-0.2, 0) is 0 Å². The highest BCUT2D eigenvalue weighted by Crippen LogP contribution is 2.27. The van der Waals surface area contributed by atoms with Crippen molar-refractivity contribution in [3.8, 4) is 11.8 Å². The van der Waals surface area contributed by atoms with E-state index in [1.807, 2.05) is 49.2 Å². The average molecular weight is 429 g/mol. The summed E-state index contributed by atoms with van der Waals surface area (Å²) in [7, 11) is 0. The lowest BCUT2D eigenvalue weighted by Crippen LogP contribution is -2.51. The van der Waals surface area contributed by atoms with Crippen molar-refractivity contribution < 1.29 is 4.79 Å². The maximum atomic E-state index is 13.8. The van der Waals surface area contributed by atoms with Gasteiger partial charge >= 0.3 is 0 Å². The highest BCUT2D eigenvalue weighted by atomic mass is 16.2. The summed E-state index contributed by atoms with van der Waals surface area (Å²) in [6.07, 6.45) is 5.52. The number of nitrogens with one attached hydrogen (secondary N) is 1. The minimum atomic E-state index is 0.0305. The van der Waals surface area contributed by atoms with Crippen LogP contribution in [0.3, 0.4) is 0 Å². The molecule has 1 aliphatic rings. The molecule has 1 fully saturated rings. The number of benzene rings is 1. The number of anilines is 1. The van der Waals surface area contributed by atoms with Crippen molar-refractivity contribution in [2.75, 3.05) is 18.4 Å². The molecule has 7 heteroatoms. The Morgan fingerprint density at radius 3 is 2.78 bits per heavy atom. The van der Waals surface area contributed by atoms with Crippen LogP contribution in [0.4, 0.5) is 5.82 Å². The Hall–Kier alpha value is -3.66. The summed E-state index contributed by atoms with van der Waals surface area (Å²) in [5, 5.41) is 16.9. The second kappa shape index (κ2) is 9.23. The smallest absolute Gasteiger partial charge is 0.256 e. The summed E-state index contributed by atoms with van der Waals surface area (Å²) in [5.74, 6) is 1.10. The minimum absolute atomic E-state index is 0.0305. The number of carbonyl (C=O) groups excluding carboxylic acids is 1. The molecule has 0 aliphatic carbocycles. The Morgan fingerprint density at radius 1 is 1.25 bits per heavy atom. The predicted molar refractivity (Wildman–Crippen MR) is 124 cm³/mol. The molecule has 1 saturated heterocycles. The van der Waals surface area contributed by atoms with E-state index >= 15 is 0 Å². The van der Waals surface area contributed by atoms with Crippen molar-refractivity contribution in [2.45, 2.75) is 39.7 Å². The largest absolute Gasteiger partial charge is 0.368 e. The molecule has 32 heavy (non-hydrogen) atoms. The number of pyridine rings is 1. The highest BCUT2D eigenvalue weighted by molar-refractivity contribution is 5.98. The van der Waals surface area contributed by atoms with Crippen molar-refractivity contribution in [1.82, 2.24) is 19.7 Å². The van der Waals surface area contributed by atoms with Crippen LogP contribution in [0.15, 0.2) is 48.8 Å². The molecule has 2 atom stereocenters. The van der Waals surface area contributed by atoms with Gasteiger partial charge in [-0.25, -0.2) is 9.67 Å². The van der Waals surface area contributed by atoms with Gasteiger partial charge in [-0.2, -0.15) is 10.4 Å². The fourth-order valence-corrected chi connectivity index (χ4v) is 4.31. The second-order valence-corrected chi connectivity index (χ2v) is 8.53. The van der Waals surface area contributed by atoms with Gasteiger partial charge in [0, 0.05) is 25.5 Å². The fourth-order valence-electron chi connectivity index (χ4n) is 4.31. The summed E-state index contributed by atoms with van der Waals surface area (Å²) in [6.45, 7) is 7.47. The third kappa shape index (κ3) is 4.50. The number of likely N-dealkylation sites (tertiary alicyclic amines) is 1. The lowest BCUT2D eigenvalue weighted by atomic mass is 9.89. The number of piperidine rings is 1. The zero-order chi connectivity index (χ0) is 22.7. The maximum Gasteiger partial charge on any atom is 0.256 e. The molecule has 3 heterocycles. The van der Waals surface area contributed by atoms with Gasteiger partial charge in [0.25, 0.3) is 5.91 Å². The van der Waals surface area contributed by atoms with E-state index in [9.17, 15) is 4.79 Å². The number of nitriles is 1. The lowest BCUT2D eigenvalue weighted by Gasteiger charge is -2.40. The summed E-state index contributed by atoms with van der Waals surface area (Å²) in [6, 6.07) is 13.5. The zero-order valence-electron chi connectivity index (χ0n) is 18.7. The number of carbonyl (C=O) groups is 1. The maximum absolute atomic E-state index is 13.8. The molecule has 164 valence electrons.